The lowest BCUT2D eigenvalue weighted by molar-refractivity contribution is -0.136. The molecule has 2 aliphatic heterocycles. The summed E-state index contributed by atoms with van der Waals surface area (Å²) in [5.41, 5.74) is 8.13. The zero-order chi connectivity index (χ0) is 21.4. The maximum absolute atomic E-state index is 13.2. The van der Waals surface area contributed by atoms with E-state index < -0.39 is 0 Å². The molecule has 0 radical (unpaired) electrons. The highest BCUT2D eigenvalue weighted by atomic mass is 16.2. The lowest BCUT2D eigenvalue weighted by atomic mass is 9.82. The highest BCUT2D eigenvalue weighted by Gasteiger charge is 2.38. The standard InChI is InChI=1S/C22H30N6O2/c1-13(2)4-18(24-3)22(30)27-9-14-5-16(11-27)19-6-15(7-21(29)28(19)10-14)17-8-20(23)26-12-25-17/h6-8,12-14,16,18,24H,4-5,9-11H2,1-3H3,(H2,23,25,26)/t14-,16+,18-/m0/s1. The van der Waals surface area contributed by atoms with Crippen LogP contribution in [0.4, 0.5) is 5.82 Å². The van der Waals surface area contributed by atoms with Crippen LogP contribution in [-0.4, -0.2) is 51.5 Å². The van der Waals surface area contributed by atoms with Gasteiger partial charge in [0.2, 0.25) is 5.91 Å². The van der Waals surface area contributed by atoms with Gasteiger partial charge < -0.3 is 20.5 Å². The topological polar surface area (TPSA) is 106 Å². The smallest absolute Gasteiger partial charge is 0.251 e. The van der Waals surface area contributed by atoms with Gasteiger partial charge in [0.15, 0.2) is 0 Å². The minimum atomic E-state index is -0.165. The second-order valence-corrected chi connectivity index (χ2v) is 8.96. The first-order chi connectivity index (χ1) is 14.4. The number of likely N-dealkylation sites (tertiary alicyclic amines) is 1. The average Bonchev–Trinajstić information content (AvgIpc) is 2.72. The molecule has 1 amide bonds. The summed E-state index contributed by atoms with van der Waals surface area (Å²) in [7, 11) is 1.85. The molecule has 2 aromatic rings. The number of nitrogen functional groups attached to an aromatic ring is 1. The first-order valence-corrected chi connectivity index (χ1v) is 10.6. The highest BCUT2D eigenvalue weighted by molar-refractivity contribution is 5.82. The Hall–Kier alpha value is -2.74. The molecule has 4 rings (SSSR count). The molecule has 2 aromatic heterocycles. The molecule has 0 unspecified atom stereocenters. The van der Waals surface area contributed by atoms with Gasteiger partial charge in [-0.05, 0) is 37.8 Å². The van der Waals surface area contributed by atoms with Crippen LogP contribution in [0.1, 0.15) is 38.3 Å². The van der Waals surface area contributed by atoms with Crippen LogP contribution >= 0.6 is 0 Å². The van der Waals surface area contributed by atoms with Crippen molar-refractivity contribution >= 4 is 11.7 Å². The number of carbonyl (C=O) groups excluding carboxylic acids is 1. The second-order valence-electron chi connectivity index (χ2n) is 8.96. The van der Waals surface area contributed by atoms with Crippen molar-refractivity contribution in [1.29, 1.82) is 0 Å². The van der Waals surface area contributed by atoms with Crippen molar-refractivity contribution in [3.63, 3.8) is 0 Å². The van der Waals surface area contributed by atoms with Crippen molar-refractivity contribution in [1.82, 2.24) is 24.8 Å². The van der Waals surface area contributed by atoms with E-state index in [4.69, 9.17) is 5.73 Å². The summed E-state index contributed by atoms with van der Waals surface area (Å²) in [6, 6.07) is 5.16. The molecular formula is C22H30N6O2. The van der Waals surface area contributed by atoms with Crippen molar-refractivity contribution in [2.45, 2.75) is 45.2 Å². The third-order valence-electron chi connectivity index (χ3n) is 6.21. The van der Waals surface area contributed by atoms with Crippen LogP contribution < -0.4 is 16.6 Å². The predicted octanol–water partition coefficient (Wildman–Crippen LogP) is 1.47. The number of nitrogens with one attached hydrogen (secondary N) is 1. The molecule has 0 saturated carbocycles. The molecule has 0 aromatic carbocycles. The summed E-state index contributed by atoms with van der Waals surface area (Å²) in [5, 5.41) is 3.19. The molecule has 0 aliphatic carbocycles. The van der Waals surface area contributed by atoms with Gasteiger partial charge in [0.25, 0.3) is 5.56 Å². The van der Waals surface area contributed by atoms with Crippen LogP contribution in [0.3, 0.4) is 0 Å². The van der Waals surface area contributed by atoms with Gasteiger partial charge in [-0.25, -0.2) is 9.97 Å². The van der Waals surface area contributed by atoms with Crippen molar-refractivity contribution in [2.75, 3.05) is 25.9 Å². The Labute approximate surface area is 176 Å². The van der Waals surface area contributed by atoms with Gasteiger partial charge in [0.1, 0.15) is 12.1 Å². The number of hydrogen-bond donors (Lipinski definition) is 2. The van der Waals surface area contributed by atoms with Crippen LogP contribution in [0.5, 0.6) is 0 Å². The number of piperidine rings is 1. The lowest BCUT2D eigenvalue weighted by Gasteiger charge is -2.44. The number of pyridine rings is 1. The lowest BCUT2D eigenvalue weighted by Crippen LogP contribution is -2.54. The molecule has 2 aliphatic rings. The summed E-state index contributed by atoms with van der Waals surface area (Å²) in [5.74, 6) is 1.42. The maximum atomic E-state index is 13.2. The fourth-order valence-corrected chi connectivity index (χ4v) is 4.85. The minimum absolute atomic E-state index is 0.0259. The Bertz CT molecular complexity index is 1000. The molecule has 1 fully saturated rings. The van der Waals surface area contributed by atoms with E-state index in [1.165, 1.54) is 6.33 Å². The first kappa shape index (κ1) is 20.5. The zero-order valence-electron chi connectivity index (χ0n) is 17.8. The van der Waals surface area contributed by atoms with E-state index in [1.54, 1.807) is 12.1 Å². The Kier molecular flexibility index (Phi) is 5.60. The first-order valence-electron chi connectivity index (χ1n) is 10.6. The van der Waals surface area contributed by atoms with Gasteiger partial charge in [-0.15, -0.1) is 0 Å². The number of nitrogens with two attached hydrogens (primary N) is 1. The number of fused-ring (bicyclic) bond motifs is 4. The molecular weight excluding hydrogens is 380 g/mol. The summed E-state index contributed by atoms with van der Waals surface area (Å²) >= 11 is 0. The minimum Gasteiger partial charge on any atom is -0.384 e. The fraction of sp³-hybridized carbons (Fsp3) is 0.545. The largest absolute Gasteiger partial charge is 0.384 e. The number of nitrogens with zero attached hydrogens (tertiary/aromatic N) is 4. The third kappa shape index (κ3) is 3.96. The van der Waals surface area contributed by atoms with E-state index in [0.717, 1.165) is 24.1 Å². The predicted molar refractivity (Wildman–Crippen MR) is 116 cm³/mol. The maximum Gasteiger partial charge on any atom is 0.251 e. The molecule has 1 saturated heterocycles. The third-order valence-corrected chi connectivity index (χ3v) is 6.21. The van der Waals surface area contributed by atoms with E-state index in [-0.39, 0.29) is 23.4 Å². The number of aromatic nitrogens is 3. The second kappa shape index (κ2) is 8.18. The number of amides is 1. The molecule has 2 bridgehead atoms. The Balaban J connectivity index is 1.63. The van der Waals surface area contributed by atoms with Crippen LogP contribution in [0.15, 0.2) is 29.3 Å². The Morgan fingerprint density at radius 3 is 2.73 bits per heavy atom. The highest BCUT2D eigenvalue weighted by Crippen LogP contribution is 2.36. The molecule has 3 atom stereocenters. The summed E-state index contributed by atoms with van der Waals surface area (Å²) in [6.45, 7) is 6.26. The van der Waals surface area contributed by atoms with Crippen LogP contribution in [0.2, 0.25) is 0 Å². The quantitative estimate of drug-likeness (QED) is 0.773. The Morgan fingerprint density at radius 2 is 2.03 bits per heavy atom. The van der Waals surface area contributed by atoms with E-state index >= 15 is 0 Å². The Morgan fingerprint density at radius 1 is 1.23 bits per heavy atom. The molecule has 30 heavy (non-hydrogen) atoms. The zero-order valence-corrected chi connectivity index (χ0v) is 17.8. The van der Waals surface area contributed by atoms with Gasteiger partial charge in [-0.3, -0.25) is 9.59 Å². The molecule has 8 nitrogen and oxygen atoms in total. The monoisotopic (exact) mass is 410 g/mol. The normalized spacial score (nSPS) is 21.4. The summed E-state index contributed by atoms with van der Waals surface area (Å²) < 4.78 is 1.87. The van der Waals surface area contributed by atoms with E-state index in [1.807, 2.05) is 22.6 Å². The van der Waals surface area contributed by atoms with Crippen LogP contribution in [-0.2, 0) is 11.3 Å². The van der Waals surface area contributed by atoms with Gasteiger partial charge in [-0.2, -0.15) is 0 Å². The van der Waals surface area contributed by atoms with Crippen molar-refractivity contribution in [3.8, 4) is 11.3 Å². The van der Waals surface area contributed by atoms with Crippen molar-refractivity contribution < 1.29 is 4.79 Å². The summed E-state index contributed by atoms with van der Waals surface area (Å²) in [6.07, 6.45) is 3.22. The number of rotatable bonds is 5. The van der Waals surface area contributed by atoms with Gasteiger partial charge in [0.05, 0.1) is 11.7 Å². The summed E-state index contributed by atoms with van der Waals surface area (Å²) in [4.78, 5) is 36.2. The van der Waals surface area contributed by atoms with E-state index in [9.17, 15) is 9.59 Å². The number of likely N-dealkylation sites (N-methyl/N-ethyl adjacent to an activating group) is 1. The number of anilines is 1. The molecule has 3 N–H and O–H groups in total. The SMILES string of the molecule is CN[C@@H](CC(C)C)C(=O)N1C[C@@H]2C[C@H](C1)c1cc(-c3cc(N)ncn3)cc(=O)n1C2. The number of hydrogen-bond acceptors (Lipinski definition) is 6. The van der Waals surface area contributed by atoms with E-state index in [0.29, 0.717) is 43.0 Å². The fourth-order valence-electron chi connectivity index (χ4n) is 4.85. The average molecular weight is 411 g/mol. The van der Waals surface area contributed by atoms with Gasteiger partial charge in [-0.1, -0.05) is 13.8 Å². The van der Waals surface area contributed by atoms with E-state index in [2.05, 4.69) is 29.1 Å². The van der Waals surface area contributed by atoms with Gasteiger partial charge >= 0.3 is 0 Å². The molecule has 8 heteroatoms. The van der Waals surface area contributed by atoms with Crippen LogP contribution in [0.25, 0.3) is 11.3 Å². The van der Waals surface area contributed by atoms with Crippen molar-refractivity contribution in [3.05, 3.63) is 40.6 Å². The van der Waals surface area contributed by atoms with Crippen molar-refractivity contribution in [2.24, 2.45) is 11.8 Å². The number of carbonyl (C=O) groups is 1. The van der Waals surface area contributed by atoms with Gasteiger partial charge in [0, 0.05) is 48.9 Å². The molecule has 160 valence electrons. The van der Waals surface area contributed by atoms with Crippen LogP contribution in [0, 0.1) is 11.8 Å². The molecule has 4 heterocycles. The molecule has 0 spiro atoms.